The molecule has 7 heteroatoms. The van der Waals surface area contributed by atoms with Crippen molar-refractivity contribution < 1.29 is 18.0 Å². The molecule has 1 aliphatic heterocycles. The fraction of sp³-hybridized carbons (Fsp3) is 0.562. The number of carbonyl (C=O) groups is 1. The maximum atomic E-state index is 12.3. The van der Waals surface area contributed by atoms with Crippen molar-refractivity contribution in [2.24, 2.45) is 5.92 Å². The molecule has 0 atom stereocenters. The van der Waals surface area contributed by atoms with E-state index >= 15 is 0 Å². The van der Waals surface area contributed by atoms with E-state index in [-0.39, 0.29) is 11.6 Å². The number of halogens is 3. The van der Waals surface area contributed by atoms with Crippen LogP contribution < -0.4 is 16.0 Å². The van der Waals surface area contributed by atoms with Gasteiger partial charge in [-0.15, -0.1) is 0 Å². The number of amides is 1. The molecule has 0 bridgehead atoms. The monoisotopic (exact) mass is 329 g/mol. The zero-order chi connectivity index (χ0) is 16.7. The van der Waals surface area contributed by atoms with Crippen molar-refractivity contribution in [1.82, 2.24) is 5.32 Å². The van der Waals surface area contributed by atoms with Gasteiger partial charge in [-0.1, -0.05) is 12.1 Å². The topological polar surface area (TPSA) is 53.2 Å². The molecule has 0 radical (unpaired) electrons. The molecule has 1 saturated heterocycles. The highest BCUT2D eigenvalue weighted by atomic mass is 19.4. The second-order valence-electron chi connectivity index (χ2n) is 5.79. The fourth-order valence-corrected chi connectivity index (χ4v) is 2.66. The summed E-state index contributed by atoms with van der Waals surface area (Å²) in [7, 11) is 0. The Labute approximate surface area is 133 Å². The van der Waals surface area contributed by atoms with Crippen molar-refractivity contribution in [2.45, 2.75) is 31.9 Å². The number of alkyl halides is 3. The molecule has 2 rings (SSSR count). The van der Waals surface area contributed by atoms with Crippen LogP contribution in [-0.2, 0) is 4.79 Å². The number of anilines is 2. The SMILES string of the molecule is O=C(CCC1CCNCC1)Nc1ccccc1NCC(F)(F)F. The lowest BCUT2D eigenvalue weighted by atomic mass is 9.93. The minimum Gasteiger partial charge on any atom is -0.375 e. The highest BCUT2D eigenvalue weighted by Crippen LogP contribution is 2.24. The molecule has 4 nitrogen and oxygen atoms in total. The normalized spacial score (nSPS) is 16.1. The van der Waals surface area contributed by atoms with Crippen molar-refractivity contribution in [3.05, 3.63) is 24.3 Å². The minimum absolute atomic E-state index is 0.162. The molecule has 1 heterocycles. The third kappa shape index (κ3) is 6.48. The summed E-state index contributed by atoms with van der Waals surface area (Å²) in [5.41, 5.74) is 0.659. The highest BCUT2D eigenvalue weighted by Gasteiger charge is 2.27. The molecule has 0 aromatic heterocycles. The molecule has 0 spiro atoms. The van der Waals surface area contributed by atoms with E-state index in [0.29, 0.717) is 18.0 Å². The van der Waals surface area contributed by atoms with Crippen molar-refractivity contribution >= 4 is 17.3 Å². The van der Waals surface area contributed by atoms with Crippen molar-refractivity contribution in [2.75, 3.05) is 30.3 Å². The lowest BCUT2D eigenvalue weighted by Gasteiger charge is -2.22. The van der Waals surface area contributed by atoms with Crippen molar-refractivity contribution in [3.63, 3.8) is 0 Å². The highest BCUT2D eigenvalue weighted by molar-refractivity contribution is 5.94. The van der Waals surface area contributed by atoms with E-state index in [2.05, 4.69) is 16.0 Å². The first-order chi connectivity index (χ1) is 10.9. The average Bonchev–Trinajstić information content (AvgIpc) is 2.52. The molecule has 3 N–H and O–H groups in total. The summed E-state index contributed by atoms with van der Waals surface area (Å²) in [6, 6.07) is 6.43. The van der Waals surface area contributed by atoms with Gasteiger partial charge in [0.05, 0.1) is 11.4 Å². The second-order valence-corrected chi connectivity index (χ2v) is 5.79. The summed E-state index contributed by atoms with van der Waals surface area (Å²) in [6.45, 7) is 0.835. The van der Waals surface area contributed by atoms with Gasteiger partial charge < -0.3 is 16.0 Å². The molecule has 1 aliphatic rings. The third-order valence-corrected chi connectivity index (χ3v) is 3.92. The van der Waals surface area contributed by atoms with Gasteiger partial charge in [0, 0.05) is 6.42 Å². The van der Waals surface area contributed by atoms with Crippen LogP contribution in [0, 0.1) is 5.92 Å². The molecule has 1 aromatic carbocycles. The van der Waals surface area contributed by atoms with Crippen molar-refractivity contribution in [1.29, 1.82) is 0 Å². The molecular formula is C16H22F3N3O. The molecule has 1 aromatic rings. The summed E-state index contributed by atoms with van der Waals surface area (Å²) >= 11 is 0. The van der Waals surface area contributed by atoms with Crippen LogP contribution in [0.2, 0.25) is 0 Å². The first kappa shape index (κ1) is 17.6. The summed E-state index contributed by atoms with van der Waals surface area (Å²) in [5, 5.41) is 8.29. The van der Waals surface area contributed by atoms with Gasteiger partial charge in [0.15, 0.2) is 0 Å². The first-order valence-corrected chi connectivity index (χ1v) is 7.84. The smallest absolute Gasteiger partial charge is 0.375 e. The van der Waals surface area contributed by atoms with Crippen LogP contribution in [0.25, 0.3) is 0 Å². The van der Waals surface area contributed by atoms with Gasteiger partial charge in [-0.3, -0.25) is 4.79 Å². The van der Waals surface area contributed by atoms with Gasteiger partial charge in [-0.05, 0) is 50.4 Å². The molecule has 128 valence electrons. The molecule has 0 saturated carbocycles. The Kier molecular flexibility index (Phi) is 6.27. The third-order valence-electron chi connectivity index (χ3n) is 3.92. The van der Waals surface area contributed by atoms with Crippen LogP contribution in [0.3, 0.4) is 0 Å². The Morgan fingerprint density at radius 2 is 1.83 bits per heavy atom. The van der Waals surface area contributed by atoms with Gasteiger partial charge in [0.25, 0.3) is 0 Å². The molecule has 0 unspecified atom stereocenters. The predicted octanol–water partition coefficient (Wildman–Crippen LogP) is 3.38. The van der Waals surface area contributed by atoms with Gasteiger partial charge in [-0.2, -0.15) is 13.2 Å². The van der Waals surface area contributed by atoms with Gasteiger partial charge in [-0.25, -0.2) is 0 Å². The van der Waals surface area contributed by atoms with Crippen LogP contribution >= 0.6 is 0 Å². The zero-order valence-electron chi connectivity index (χ0n) is 12.9. The lowest BCUT2D eigenvalue weighted by Crippen LogP contribution is -2.28. The summed E-state index contributed by atoms with van der Waals surface area (Å²) in [5.74, 6) is 0.380. The number of benzene rings is 1. The summed E-state index contributed by atoms with van der Waals surface area (Å²) < 4.78 is 36.9. The van der Waals surface area contributed by atoms with E-state index in [1.165, 1.54) is 6.07 Å². The van der Waals surface area contributed by atoms with Crippen LogP contribution in [0.1, 0.15) is 25.7 Å². The first-order valence-electron chi connectivity index (χ1n) is 7.84. The number of hydrogen-bond acceptors (Lipinski definition) is 3. The predicted molar refractivity (Wildman–Crippen MR) is 84.4 cm³/mol. The standard InChI is InChI=1S/C16H22F3N3O/c17-16(18,19)11-21-13-3-1-2-4-14(13)22-15(23)6-5-12-7-9-20-10-8-12/h1-4,12,20-21H,5-11H2,(H,22,23). The van der Waals surface area contributed by atoms with E-state index in [1.807, 2.05) is 0 Å². The Morgan fingerprint density at radius 3 is 2.48 bits per heavy atom. The largest absolute Gasteiger partial charge is 0.405 e. The number of hydrogen-bond donors (Lipinski definition) is 3. The Balaban J connectivity index is 1.84. The fourth-order valence-electron chi connectivity index (χ4n) is 2.66. The quantitative estimate of drug-likeness (QED) is 0.750. The molecule has 23 heavy (non-hydrogen) atoms. The van der Waals surface area contributed by atoms with Crippen LogP contribution in [0.4, 0.5) is 24.5 Å². The Morgan fingerprint density at radius 1 is 1.17 bits per heavy atom. The molecule has 1 amide bonds. The number of para-hydroxylation sites is 2. The Hall–Kier alpha value is -1.76. The summed E-state index contributed by atoms with van der Waals surface area (Å²) in [4.78, 5) is 12.0. The number of piperidine rings is 1. The number of rotatable bonds is 6. The molecule has 0 aliphatic carbocycles. The minimum atomic E-state index is -4.30. The lowest BCUT2D eigenvalue weighted by molar-refractivity contribution is -0.116. The molecule has 1 fully saturated rings. The Bertz CT molecular complexity index is 514. The van der Waals surface area contributed by atoms with Crippen LogP contribution in [0.15, 0.2) is 24.3 Å². The zero-order valence-corrected chi connectivity index (χ0v) is 12.9. The average molecular weight is 329 g/mol. The van der Waals surface area contributed by atoms with E-state index < -0.39 is 12.7 Å². The van der Waals surface area contributed by atoms with E-state index in [0.717, 1.165) is 32.4 Å². The van der Waals surface area contributed by atoms with Gasteiger partial charge in [0.2, 0.25) is 5.91 Å². The number of nitrogens with one attached hydrogen (secondary N) is 3. The van der Waals surface area contributed by atoms with Crippen molar-refractivity contribution in [3.8, 4) is 0 Å². The van der Waals surface area contributed by atoms with Crippen LogP contribution in [-0.4, -0.2) is 31.7 Å². The number of carbonyl (C=O) groups excluding carboxylic acids is 1. The maximum absolute atomic E-state index is 12.3. The van der Waals surface area contributed by atoms with Gasteiger partial charge in [0.1, 0.15) is 6.54 Å². The summed E-state index contributed by atoms with van der Waals surface area (Å²) in [6.07, 6.45) is -0.968. The van der Waals surface area contributed by atoms with Gasteiger partial charge >= 0.3 is 6.18 Å². The van der Waals surface area contributed by atoms with Crippen LogP contribution in [0.5, 0.6) is 0 Å². The van der Waals surface area contributed by atoms with E-state index in [1.54, 1.807) is 18.2 Å². The second kappa shape index (κ2) is 8.19. The van der Waals surface area contributed by atoms with E-state index in [9.17, 15) is 18.0 Å². The maximum Gasteiger partial charge on any atom is 0.405 e. The molecular weight excluding hydrogens is 307 g/mol. The van der Waals surface area contributed by atoms with E-state index in [4.69, 9.17) is 0 Å².